The van der Waals surface area contributed by atoms with E-state index in [1.165, 1.54) is 0 Å². The number of halogens is 1. The number of hydrogen-bond acceptors (Lipinski definition) is 4. The molecule has 112 valence electrons. The summed E-state index contributed by atoms with van der Waals surface area (Å²) in [6, 6.07) is 5.91. The van der Waals surface area contributed by atoms with E-state index in [0.717, 1.165) is 28.0 Å². The Morgan fingerprint density at radius 1 is 1.19 bits per heavy atom. The summed E-state index contributed by atoms with van der Waals surface area (Å²) in [4.78, 5) is 8.51. The predicted octanol–water partition coefficient (Wildman–Crippen LogP) is 3.71. The molecule has 5 heteroatoms. The van der Waals surface area contributed by atoms with Gasteiger partial charge < -0.3 is 10.1 Å². The Hall–Kier alpha value is -1.46. The maximum Gasteiger partial charge on any atom is 0.138 e. The van der Waals surface area contributed by atoms with Crippen LogP contribution in [0.4, 0.5) is 0 Å². The molecule has 0 amide bonds. The highest BCUT2D eigenvalue weighted by Gasteiger charge is 2.08. The molecule has 0 radical (unpaired) electrons. The third-order valence-electron chi connectivity index (χ3n) is 2.76. The first-order chi connectivity index (χ1) is 9.92. The fourth-order valence-electron chi connectivity index (χ4n) is 1.66. The van der Waals surface area contributed by atoms with E-state index in [0.29, 0.717) is 6.61 Å². The monoisotopic (exact) mass is 349 g/mol. The minimum Gasteiger partial charge on any atom is -0.487 e. The van der Waals surface area contributed by atoms with Gasteiger partial charge in [0.1, 0.15) is 12.4 Å². The lowest BCUT2D eigenvalue weighted by molar-refractivity contribution is 0.304. The van der Waals surface area contributed by atoms with Crippen LogP contribution >= 0.6 is 15.9 Å². The molecule has 2 heterocycles. The molecule has 0 saturated heterocycles. The Balaban J connectivity index is 1.87. The minimum atomic E-state index is 0.0878. The van der Waals surface area contributed by atoms with Crippen molar-refractivity contribution in [1.29, 1.82) is 0 Å². The first-order valence-corrected chi connectivity index (χ1v) is 7.64. The van der Waals surface area contributed by atoms with E-state index in [1.807, 2.05) is 18.2 Å². The molecule has 0 aliphatic carbocycles. The molecular formula is C16H20BrN3O. The summed E-state index contributed by atoms with van der Waals surface area (Å²) in [5, 5.41) is 3.40. The van der Waals surface area contributed by atoms with Crippen molar-refractivity contribution in [2.75, 3.05) is 0 Å². The largest absolute Gasteiger partial charge is 0.487 e. The SMILES string of the molecule is CC(C)(C)NCc1ccc(OCc2cncc(Br)c2)cn1. The van der Waals surface area contributed by atoms with E-state index in [9.17, 15) is 0 Å². The Bertz CT molecular complexity index is 579. The second-order valence-corrected chi connectivity index (χ2v) is 6.80. The van der Waals surface area contributed by atoms with Crippen molar-refractivity contribution in [2.24, 2.45) is 0 Å². The van der Waals surface area contributed by atoms with Gasteiger partial charge in [-0.2, -0.15) is 0 Å². The summed E-state index contributed by atoms with van der Waals surface area (Å²) < 4.78 is 6.65. The van der Waals surface area contributed by atoms with E-state index in [4.69, 9.17) is 4.74 Å². The van der Waals surface area contributed by atoms with Crippen molar-refractivity contribution in [3.8, 4) is 5.75 Å². The summed E-state index contributed by atoms with van der Waals surface area (Å²) in [5.74, 6) is 0.759. The van der Waals surface area contributed by atoms with Gasteiger partial charge in [-0.3, -0.25) is 9.97 Å². The number of nitrogens with zero attached hydrogens (tertiary/aromatic N) is 2. The van der Waals surface area contributed by atoms with E-state index in [2.05, 4.69) is 52.0 Å². The summed E-state index contributed by atoms with van der Waals surface area (Å²) in [6.07, 6.45) is 5.30. The zero-order valence-electron chi connectivity index (χ0n) is 12.6. The zero-order valence-corrected chi connectivity index (χ0v) is 14.1. The molecule has 0 unspecified atom stereocenters. The van der Waals surface area contributed by atoms with Crippen LogP contribution in [0.5, 0.6) is 5.75 Å². The van der Waals surface area contributed by atoms with Gasteiger partial charge in [0, 0.05) is 34.5 Å². The number of pyridine rings is 2. The Morgan fingerprint density at radius 3 is 2.62 bits per heavy atom. The maximum absolute atomic E-state index is 5.70. The first kappa shape index (κ1) is 15.9. The van der Waals surface area contributed by atoms with Gasteiger partial charge in [0.05, 0.1) is 11.9 Å². The lowest BCUT2D eigenvalue weighted by Crippen LogP contribution is -2.35. The molecule has 0 aliphatic rings. The number of aromatic nitrogens is 2. The lowest BCUT2D eigenvalue weighted by atomic mass is 10.1. The van der Waals surface area contributed by atoms with Crippen LogP contribution in [0.15, 0.2) is 41.3 Å². The molecule has 2 aromatic heterocycles. The van der Waals surface area contributed by atoms with Crippen LogP contribution in [0, 0.1) is 0 Å². The average Bonchev–Trinajstić information content (AvgIpc) is 2.43. The predicted molar refractivity (Wildman–Crippen MR) is 87.1 cm³/mol. The second kappa shape index (κ2) is 7.00. The number of hydrogen-bond donors (Lipinski definition) is 1. The van der Waals surface area contributed by atoms with Crippen molar-refractivity contribution in [2.45, 2.75) is 39.5 Å². The fourth-order valence-corrected chi connectivity index (χ4v) is 2.07. The van der Waals surface area contributed by atoms with E-state index in [1.54, 1.807) is 18.6 Å². The number of rotatable bonds is 5. The highest BCUT2D eigenvalue weighted by molar-refractivity contribution is 9.10. The molecule has 0 spiro atoms. The van der Waals surface area contributed by atoms with E-state index in [-0.39, 0.29) is 5.54 Å². The Labute approximate surface area is 134 Å². The normalized spacial score (nSPS) is 11.4. The van der Waals surface area contributed by atoms with E-state index >= 15 is 0 Å². The van der Waals surface area contributed by atoms with Crippen LogP contribution < -0.4 is 10.1 Å². The van der Waals surface area contributed by atoms with Gasteiger partial charge in [0.25, 0.3) is 0 Å². The first-order valence-electron chi connectivity index (χ1n) is 6.84. The molecule has 0 atom stereocenters. The van der Waals surface area contributed by atoms with Gasteiger partial charge in [0.2, 0.25) is 0 Å². The summed E-state index contributed by atoms with van der Waals surface area (Å²) in [7, 11) is 0. The Morgan fingerprint density at radius 2 is 2.00 bits per heavy atom. The van der Waals surface area contributed by atoms with Gasteiger partial charge in [-0.15, -0.1) is 0 Å². The van der Waals surface area contributed by atoms with Crippen LogP contribution in [-0.4, -0.2) is 15.5 Å². The van der Waals surface area contributed by atoms with Crippen molar-refractivity contribution < 1.29 is 4.74 Å². The third kappa shape index (κ3) is 5.81. The van der Waals surface area contributed by atoms with Gasteiger partial charge in [-0.05, 0) is 54.9 Å². The fraction of sp³-hybridized carbons (Fsp3) is 0.375. The highest BCUT2D eigenvalue weighted by atomic mass is 79.9. The average molecular weight is 350 g/mol. The molecule has 0 bridgehead atoms. The van der Waals surface area contributed by atoms with Crippen molar-refractivity contribution in [1.82, 2.24) is 15.3 Å². The third-order valence-corrected chi connectivity index (χ3v) is 3.20. The topological polar surface area (TPSA) is 47.0 Å². The molecule has 0 saturated carbocycles. The minimum absolute atomic E-state index is 0.0878. The van der Waals surface area contributed by atoms with Crippen LogP contribution in [-0.2, 0) is 13.2 Å². The molecule has 0 aliphatic heterocycles. The van der Waals surface area contributed by atoms with Crippen LogP contribution in [0.1, 0.15) is 32.0 Å². The molecule has 0 aromatic carbocycles. The lowest BCUT2D eigenvalue weighted by Gasteiger charge is -2.20. The van der Waals surface area contributed by atoms with Crippen LogP contribution in [0.3, 0.4) is 0 Å². The molecular weight excluding hydrogens is 330 g/mol. The summed E-state index contributed by atoms with van der Waals surface area (Å²) in [5.41, 5.74) is 2.11. The molecule has 2 rings (SSSR count). The van der Waals surface area contributed by atoms with Crippen molar-refractivity contribution >= 4 is 15.9 Å². The second-order valence-electron chi connectivity index (χ2n) is 5.89. The van der Waals surface area contributed by atoms with Gasteiger partial charge in [-0.25, -0.2) is 0 Å². The Kier molecular flexibility index (Phi) is 5.31. The number of nitrogens with one attached hydrogen (secondary N) is 1. The van der Waals surface area contributed by atoms with Crippen LogP contribution in [0.25, 0.3) is 0 Å². The highest BCUT2D eigenvalue weighted by Crippen LogP contribution is 2.14. The smallest absolute Gasteiger partial charge is 0.138 e. The van der Waals surface area contributed by atoms with Gasteiger partial charge in [0.15, 0.2) is 0 Å². The molecule has 2 aromatic rings. The molecule has 1 N–H and O–H groups in total. The van der Waals surface area contributed by atoms with Crippen LogP contribution in [0.2, 0.25) is 0 Å². The molecule has 21 heavy (non-hydrogen) atoms. The molecule has 4 nitrogen and oxygen atoms in total. The summed E-state index contributed by atoms with van der Waals surface area (Å²) >= 11 is 3.39. The van der Waals surface area contributed by atoms with Gasteiger partial charge >= 0.3 is 0 Å². The maximum atomic E-state index is 5.70. The number of ether oxygens (including phenoxy) is 1. The quantitative estimate of drug-likeness (QED) is 0.893. The standard InChI is InChI=1S/C16H20BrN3O/c1-16(2,3)20-9-14-4-5-15(10-19-14)21-11-12-6-13(17)8-18-7-12/h4-8,10,20H,9,11H2,1-3H3. The summed E-state index contributed by atoms with van der Waals surface area (Å²) in [6.45, 7) is 7.64. The van der Waals surface area contributed by atoms with Gasteiger partial charge in [-0.1, -0.05) is 0 Å². The van der Waals surface area contributed by atoms with Crippen molar-refractivity contribution in [3.05, 3.63) is 52.5 Å². The zero-order chi connectivity index (χ0) is 15.3. The van der Waals surface area contributed by atoms with Crippen molar-refractivity contribution in [3.63, 3.8) is 0 Å². The molecule has 0 fully saturated rings. The van der Waals surface area contributed by atoms with E-state index < -0.39 is 0 Å².